The lowest BCUT2D eigenvalue weighted by Crippen LogP contribution is -2.38. The minimum atomic E-state index is -2.35. The normalized spacial score (nSPS) is 20.5. The molecule has 0 radical (unpaired) electrons. The second-order valence-electron chi connectivity index (χ2n) is 4.09. The molecule has 1 aromatic carbocycles. The van der Waals surface area contributed by atoms with Crippen LogP contribution in [0.3, 0.4) is 0 Å². The molecule has 1 unspecified atom stereocenters. The third kappa shape index (κ3) is 4.16. The number of rotatable bonds is 4. The number of anilines is 1. The van der Waals surface area contributed by atoms with Gasteiger partial charge in [0, 0.05) is 23.2 Å². The Morgan fingerprint density at radius 3 is 2.65 bits per heavy atom. The lowest BCUT2D eigenvalue weighted by Gasteiger charge is -2.24. The average molecular weight is 258 g/mol. The molecule has 0 amide bonds. The summed E-state index contributed by atoms with van der Waals surface area (Å²) in [6, 6.07) is 7.63. The Bertz CT molecular complexity index is 337. The second kappa shape index (κ2) is 6.21. The van der Waals surface area contributed by atoms with Gasteiger partial charge in [0.2, 0.25) is 0 Å². The van der Waals surface area contributed by atoms with E-state index < -0.39 is 5.76 Å². The highest BCUT2D eigenvalue weighted by atomic mass is 32.2. The van der Waals surface area contributed by atoms with Gasteiger partial charge < -0.3 is 10.6 Å². The van der Waals surface area contributed by atoms with Crippen LogP contribution in [-0.2, 0) is 0 Å². The summed E-state index contributed by atoms with van der Waals surface area (Å²) in [5.41, 5.74) is 0.998. The highest BCUT2D eigenvalue weighted by molar-refractivity contribution is 7.99. The summed E-state index contributed by atoms with van der Waals surface area (Å²) in [7, 11) is 0. The van der Waals surface area contributed by atoms with E-state index in [1.165, 1.54) is 6.42 Å². The van der Waals surface area contributed by atoms with Gasteiger partial charge in [-0.15, -0.1) is 0 Å². The van der Waals surface area contributed by atoms with Crippen molar-refractivity contribution in [2.45, 2.75) is 29.5 Å². The number of hydrogen-bond donors (Lipinski definition) is 2. The Balaban J connectivity index is 1.88. The number of halogens is 2. The summed E-state index contributed by atoms with van der Waals surface area (Å²) < 4.78 is 24.3. The molecule has 1 aliphatic rings. The van der Waals surface area contributed by atoms with Gasteiger partial charge in [-0.2, -0.15) is 8.78 Å². The van der Waals surface area contributed by atoms with Gasteiger partial charge in [0.15, 0.2) is 0 Å². The molecule has 2 rings (SSSR count). The lowest BCUT2D eigenvalue weighted by molar-refractivity contribution is 0.252. The van der Waals surface area contributed by atoms with E-state index in [-0.39, 0.29) is 0 Å². The smallest absolute Gasteiger partial charge is 0.288 e. The van der Waals surface area contributed by atoms with E-state index in [4.69, 9.17) is 0 Å². The van der Waals surface area contributed by atoms with Crippen molar-refractivity contribution in [1.29, 1.82) is 0 Å². The molecule has 0 aliphatic carbocycles. The third-order valence-corrected chi connectivity index (χ3v) is 3.47. The summed E-state index contributed by atoms with van der Waals surface area (Å²) in [5.74, 6) is -2.35. The summed E-state index contributed by atoms with van der Waals surface area (Å²) >= 11 is 0.580. The summed E-state index contributed by atoms with van der Waals surface area (Å²) in [5, 5.41) is 6.73. The molecule has 1 saturated heterocycles. The number of piperidine rings is 1. The van der Waals surface area contributed by atoms with E-state index in [0.29, 0.717) is 22.7 Å². The van der Waals surface area contributed by atoms with E-state index in [2.05, 4.69) is 10.6 Å². The van der Waals surface area contributed by atoms with Crippen molar-refractivity contribution < 1.29 is 8.78 Å². The van der Waals surface area contributed by atoms with Gasteiger partial charge in [0.25, 0.3) is 5.76 Å². The van der Waals surface area contributed by atoms with E-state index in [1.54, 1.807) is 12.1 Å². The lowest BCUT2D eigenvalue weighted by atomic mass is 10.1. The first-order valence-electron chi connectivity index (χ1n) is 5.76. The molecule has 0 bridgehead atoms. The van der Waals surface area contributed by atoms with Gasteiger partial charge in [0.05, 0.1) is 0 Å². The Morgan fingerprint density at radius 2 is 2.06 bits per heavy atom. The Labute approximate surface area is 104 Å². The molecule has 5 heteroatoms. The number of thioether (sulfide) groups is 1. The van der Waals surface area contributed by atoms with Crippen LogP contribution in [-0.4, -0.2) is 24.9 Å². The molecule has 1 heterocycles. The second-order valence-corrected chi connectivity index (χ2v) is 5.15. The summed E-state index contributed by atoms with van der Waals surface area (Å²) in [6.07, 6.45) is 2.33. The fourth-order valence-electron chi connectivity index (χ4n) is 1.94. The molecule has 1 aromatic rings. The van der Waals surface area contributed by atoms with Crippen LogP contribution in [0.5, 0.6) is 0 Å². The van der Waals surface area contributed by atoms with Gasteiger partial charge in [0.1, 0.15) is 0 Å². The molecule has 1 fully saturated rings. The summed E-state index contributed by atoms with van der Waals surface area (Å²) in [4.78, 5) is 0.604. The molecule has 2 N–H and O–H groups in total. The largest absolute Gasteiger partial charge is 0.381 e. The van der Waals surface area contributed by atoms with Crippen molar-refractivity contribution in [3.05, 3.63) is 24.3 Å². The van der Waals surface area contributed by atoms with Gasteiger partial charge >= 0.3 is 0 Å². The predicted molar refractivity (Wildman–Crippen MR) is 67.8 cm³/mol. The maximum atomic E-state index is 12.1. The van der Waals surface area contributed by atoms with Gasteiger partial charge in [-0.25, -0.2) is 0 Å². The predicted octanol–water partition coefficient (Wildman–Crippen LogP) is 3.17. The van der Waals surface area contributed by atoms with Crippen LogP contribution >= 0.6 is 11.8 Å². The molecule has 0 spiro atoms. The van der Waals surface area contributed by atoms with Crippen molar-refractivity contribution in [2.24, 2.45) is 0 Å². The monoisotopic (exact) mass is 258 g/mol. The molecular formula is C12H16F2N2S. The first kappa shape index (κ1) is 12.6. The zero-order valence-corrected chi connectivity index (χ0v) is 10.3. The van der Waals surface area contributed by atoms with Gasteiger partial charge in [-0.1, -0.05) is 11.8 Å². The molecular weight excluding hydrogens is 242 g/mol. The molecule has 2 nitrogen and oxygen atoms in total. The zero-order chi connectivity index (χ0) is 12.1. The maximum absolute atomic E-state index is 12.1. The Kier molecular flexibility index (Phi) is 4.62. The minimum absolute atomic E-state index is 0.442. The maximum Gasteiger partial charge on any atom is 0.288 e. The fraction of sp³-hybridized carbons (Fsp3) is 0.500. The van der Waals surface area contributed by atoms with E-state index >= 15 is 0 Å². The number of hydrogen-bond acceptors (Lipinski definition) is 3. The van der Waals surface area contributed by atoms with E-state index in [9.17, 15) is 8.78 Å². The van der Waals surface area contributed by atoms with Crippen LogP contribution < -0.4 is 10.6 Å². The third-order valence-electron chi connectivity index (χ3n) is 2.75. The Morgan fingerprint density at radius 1 is 1.29 bits per heavy atom. The van der Waals surface area contributed by atoms with Crippen LogP contribution in [0.4, 0.5) is 14.5 Å². The molecule has 1 aliphatic heterocycles. The molecule has 0 saturated carbocycles. The number of nitrogens with one attached hydrogen (secondary N) is 2. The zero-order valence-electron chi connectivity index (χ0n) is 9.46. The van der Waals surface area contributed by atoms with Crippen molar-refractivity contribution in [1.82, 2.24) is 5.32 Å². The molecule has 0 aromatic heterocycles. The fourth-order valence-corrected chi connectivity index (χ4v) is 2.44. The Hall–Kier alpha value is -0.810. The summed E-state index contributed by atoms with van der Waals surface area (Å²) in [6.45, 7) is 2.05. The highest BCUT2D eigenvalue weighted by Crippen LogP contribution is 2.26. The first-order valence-corrected chi connectivity index (χ1v) is 6.64. The van der Waals surface area contributed by atoms with Crippen LogP contribution in [0.15, 0.2) is 29.2 Å². The van der Waals surface area contributed by atoms with Crippen LogP contribution in [0, 0.1) is 0 Å². The first-order chi connectivity index (χ1) is 8.24. The van der Waals surface area contributed by atoms with Crippen LogP contribution in [0.25, 0.3) is 0 Å². The molecule has 17 heavy (non-hydrogen) atoms. The van der Waals surface area contributed by atoms with E-state index in [1.807, 2.05) is 12.1 Å². The standard InChI is InChI=1S/C12H16F2N2S/c13-12(14)17-11-5-3-9(4-6-11)16-10-2-1-7-15-8-10/h3-6,10,12,15-16H,1-2,7-8H2. The van der Waals surface area contributed by atoms with Crippen LogP contribution in [0.1, 0.15) is 12.8 Å². The quantitative estimate of drug-likeness (QED) is 0.811. The number of alkyl halides is 2. The minimum Gasteiger partial charge on any atom is -0.381 e. The van der Waals surface area contributed by atoms with Crippen LogP contribution in [0.2, 0.25) is 0 Å². The van der Waals surface area contributed by atoms with Gasteiger partial charge in [-0.05, 0) is 43.7 Å². The molecule has 1 atom stereocenters. The van der Waals surface area contributed by atoms with Gasteiger partial charge in [-0.3, -0.25) is 0 Å². The number of benzene rings is 1. The van der Waals surface area contributed by atoms with Crippen molar-refractivity contribution in [3.63, 3.8) is 0 Å². The van der Waals surface area contributed by atoms with E-state index in [0.717, 1.165) is 25.2 Å². The average Bonchev–Trinajstić information content (AvgIpc) is 2.32. The van der Waals surface area contributed by atoms with Crippen molar-refractivity contribution >= 4 is 17.4 Å². The SMILES string of the molecule is FC(F)Sc1ccc(NC2CCCNC2)cc1. The highest BCUT2D eigenvalue weighted by Gasteiger charge is 2.12. The van der Waals surface area contributed by atoms with Crippen molar-refractivity contribution in [2.75, 3.05) is 18.4 Å². The topological polar surface area (TPSA) is 24.1 Å². The molecule has 94 valence electrons. The van der Waals surface area contributed by atoms with Crippen molar-refractivity contribution in [3.8, 4) is 0 Å².